The smallest absolute Gasteiger partial charge is 0.467 e. The van der Waals surface area contributed by atoms with Crippen LogP contribution in [0.4, 0.5) is 0 Å². The zero-order valence-electron chi connectivity index (χ0n) is 26.3. The second kappa shape index (κ2) is 14.0. The van der Waals surface area contributed by atoms with E-state index in [1.54, 1.807) is 55.7 Å². The van der Waals surface area contributed by atoms with E-state index in [4.69, 9.17) is 22.9 Å². The van der Waals surface area contributed by atoms with Gasteiger partial charge < -0.3 is 48.5 Å². The number of Topliss-reactive ketones (excluding diaryl/α,β-unsaturated/α-hetero) is 1. The molecule has 4 aromatic carbocycles. The van der Waals surface area contributed by atoms with Crippen LogP contribution in [0.2, 0.25) is 0 Å². The highest BCUT2D eigenvalue weighted by Crippen LogP contribution is 2.61. The minimum atomic E-state index is -4.83. The predicted octanol–water partition coefficient (Wildman–Crippen LogP) is 5.12. The molecule has 12 nitrogen and oxygen atoms in total. The van der Waals surface area contributed by atoms with Gasteiger partial charge in [-0.1, -0.05) is 42.5 Å². The van der Waals surface area contributed by atoms with Crippen LogP contribution in [0.5, 0.6) is 23.0 Å². The maximum Gasteiger partial charge on any atom is 0.467 e. The fraction of sp³-hybridized carbons (Fsp3) is 0.250. The Labute approximate surface area is 281 Å². The van der Waals surface area contributed by atoms with Crippen molar-refractivity contribution in [1.82, 2.24) is 0 Å². The Morgan fingerprint density at radius 1 is 0.959 bits per heavy atom. The van der Waals surface area contributed by atoms with E-state index in [9.17, 15) is 34.9 Å². The van der Waals surface area contributed by atoms with Crippen molar-refractivity contribution < 1.29 is 57.8 Å². The highest BCUT2D eigenvalue weighted by molar-refractivity contribution is 7.56. The van der Waals surface area contributed by atoms with E-state index >= 15 is 0 Å². The van der Waals surface area contributed by atoms with Gasteiger partial charge in [0.25, 0.3) is 0 Å². The van der Waals surface area contributed by atoms with Crippen molar-refractivity contribution in [1.29, 1.82) is 0 Å². The van der Waals surface area contributed by atoms with Gasteiger partial charge in [-0.25, -0.2) is 4.57 Å². The van der Waals surface area contributed by atoms with Gasteiger partial charge in [0.05, 0.1) is 12.9 Å². The summed E-state index contributed by atoms with van der Waals surface area (Å²) in [5.74, 6) is -0.976. The SMILES string of the molecule is Cc1cc(O)c(C(=O)CCc2ccc3occc3c2)c(OC(O)[C@H]2OC[C@@](O)(P(=O)(Oc3ccccc3)Oc3ccccc3)[C@@H](O)[C@@H]2O)c1. The number of carbonyl (C=O) groups excluding carboxylic acids is 1. The van der Waals surface area contributed by atoms with Gasteiger partial charge >= 0.3 is 7.60 Å². The monoisotopic (exact) mass is 690 g/mol. The van der Waals surface area contributed by atoms with Crippen molar-refractivity contribution in [2.75, 3.05) is 6.61 Å². The number of benzene rings is 4. The first-order chi connectivity index (χ1) is 23.5. The summed E-state index contributed by atoms with van der Waals surface area (Å²) in [5, 5.41) is 54.0. The second-order valence-corrected chi connectivity index (χ2v) is 13.9. The molecule has 0 aliphatic carbocycles. The Morgan fingerprint density at radius 2 is 1.61 bits per heavy atom. The topological polar surface area (TPSA) is 185 Å². The number of furan rings is 1. The van der Waals surface area contributed by atoms with Gasteiger partial charge in [0.2, 0.25) is 11.6 Å². The van der Waals surface area contributed by atoms with E-state index < -0.39 is 49.9 Å². The van der Waals surface area contributed by atoms with Crippen LogP contribution in [0.15, 0.2) is 108 Å². The summed E-state index contributed by atoms with van der Waals surface area (Å²) in [4.78, 5) is 13.4. The lowest BCUT2D eigenvalue weighted by Crippen LogP contribution is -2.64. The van der Waals surface area contributed by atoms with Gasteiger partial charge in [-0.3, -0.25) is 4.79 Å². The van der Waals surface area contributed by atoms with Gasteiger partial charge in [-0.15, -0.1) is 0 Å². The number of rotatable bonds is 12. The summed E-state index contributed by atoms with van der Waals surface area (Å²) < 4.78 is 42.3. The molecule has 0 amide bonds. The molecule has 0 spiro atoms. The number of aliphatic hydroxyl groups is 4. The average molecular weight is 691 g/mol. The third-order valence-electron chi connectivity index (χ3n) is 8.22. The minimum absolute atomic E-state index is 0.0150. The number of carbonyl (C=O) groups is 1. The quantitative estimate of drug-likeness (QED) is 0.0662. The number of aromatic hydroxyl groups is 1. The van der Waals surface area contributed by atoms with Crippen molar-refractivity contribution >= 4 is 24.3 Å². The third kappa shape index (κ3) is 7.06. The van der Waals surface area contributed by atoms with Gasteiger partial charge in [-0.2, -0.15) is 0 Å². The molecule has 5 N–H and O–H groups in total. The van der Waals surface area contributed by atoms with Crippen LogP contribution in [0.1, 0.15) is 27.9 Å². The van der Waals surface area contributed by atoms with E-state index in [1.807, 2.05) is 18.2 Å². The summed E-state index contributed by atoms with van der Waals surface area (Å²) in [6.45, 7) is 0.708. The van der Waals surface area contributed by atoms with Gasteiger partial charge in [0.15, 0.2) is 5.78 Å². The molecule has 5 atom stereocenters. The summed E-state index contributed by atoms with van der Waals surface area (Å²) in [6.07, 6.45) is -6.21. The maximum atomic E-state index is 14.4. The zero-order chi connectivity index (χ0) is 34.8. The molecule has 1 aromatic heterocycles. The lowest BCUT2D eigenvalue weighted by Gasteiger charge is -2.45. The number of aryl methyl sites for hydroxylation is 2. The first-order valence-electron chi connectivity index (χ1n) is 15.4. The van der Waals surface area contributed by atoms with Crippen molar-refractivity contribution in [3.05, 3.63) is 120 Å². The summed E-state index contributed by atoms with van der Waals surface area (Å²) in [6, 6.07) is 25.8. The van der Waals surface area contributed by atoms with E-state index in [0.29, 0.717) is 17.6 Å². The van der Waals surface area contributed by atoms with Crippen LogP contribution in [0, 0.1) is 6.92 Å². The third-order valence-corrected chi connectivity index (χ3v) is 10.5. The number of ether oxygens (including phenoxy) is 2. The lowest BCUT2D eigenvalue weighted by molar-refractivity contribution is -0.254. The summed E-state index contributed by atoms with van der Waals surface area (Å²) >= 11 is 0. The lowest BCUT2D eigenvalue weighted by atomic mass is 9.98. The van der Waals surface area contributed by atoms with Gasteiger partial charge in [0, 0.05) is 11.8 Å². The molecule has 49 heavy (non-hydrogen) atoms. The Hall–Kier alpha value is -4.68. The maximum absolute atomic E-state index is 14.4. The number of hydrogen-bond donors (Lipinski definition) is 5. The molecule has 256 valence electrons. The van der Waals surface area contributed by atoms with Crippen molar-refractivity contribution in [3.63, 3.8) is 0 Å². The molecule has 1 saturated heterocycles. The molecule has 2 heterocycles. The average Bonchev–Trinajstić information content (AvgIpc) is 3.55. The largest absolute Gasteiger partial charge is 0.507 e. The molecular formula is C36H35O12P. The van der Waals surface area contributed by atoms with Crippen molar-refractivity contribution in [3.8, 4) is 23.0 Å². The number of para-hydroxylation sites is 2. The van der Waals surface area contributed by atoms with E-state index in [1.165, 1.54) is 36.4 Å². The Balaban J connectivity index is 1.20. The van der Waals surface area contributed by atoms with E-state index in [2.05, 4.69) is 0 Å². The number of ketones is 1. The van der Waals surface area contributed by atoms with Crippen LogP contribution in [0.3, 0.4) is 0 Å². The molecule has 5 aromatic rings. The van der Waals surface area contributed by atoms with Crippen molar-refractivity contribution in [2.24, 2.45) is 0 Å². The zero-order valence-corrected chi connectivity index (χ0v) is 27.2. The molecule has 1 unspecified atom stereocenters. The van der Waals surface area contributed by atoms with Crippen LogP contribution < -0.4 is 13.8 Å². The first-order valence-corrected chi connectivity index (χ1v) is 17.0. The van der Waals surface area contributed by atoms with E-state index in [-0.39, 0.29) is 35.0 Å². The molecule has 0 radical (unpaired) electrons. The fourth-order valence-corrected chi connectivity index (χ4v) is 7.49. The number of hydrogen-bond acceptors (Lipinski definition) is 12. The molecule has 1 aliphatic heterocycles. The molecular weight excluding hydrogens is 655 g/mol. The normalized spacial score (nSPS) is 21.6. The van der Waals surface area contributed by atoms with Gasteiger partial charge in [0.1, 0.15) is 52.5 Å². The number of phenols is 1. The number of phenolic OH excluding ortho intramolecular Hbond substituents is 1. The van der Waals surface area contributed by atoms with Crippen LogP contribution >= 0.6 is 7.60 Å². The molecule has 0 saturated carbocycles. The first kappa shape index (κ1) is 34.2. The van der Waals surface area contributed by atoms with Crippen molar-refractivity contribution in [2.45, 2.75) is 49.7 Å². The standard InChI is InChI=1S/C36H35O12P/c1-22-18-28(38)31(27(37)14-12-23-13-15-29-24(20-23)16-17-44-29)30(19-22)46-35(41)33-32(39)34(40)36(42,21-45-33)49(43,47-25-8-4-2-5-9-25)48-26-10-6-3-7-11-26/h2-11,13,15-20,32-35,38-42H,12,14,21H2,1H3/t32-,33+,34+,35?,36-/m1/s1. The number of fused-ring (bicyclic) bond motifs is 1. The molecule has 13 heteroatoms. The molecule has 0 bridgehead atoms. The van der Waals surface area contributed by atoms with Gasteiger partial charge in [-0.05, 0) is 79.1 Å². The predicted molar refractivity (Wildman–Crippen MR) is 177 cm³/mol. The van der Waals surface area contributed by atoms with Crippen LogP contribution in [-0.2, 0) is 15.7 Å². The second-order valence-electron chi connectivity index (χ2n) is 11.8. The molecule has 6 rings (SSSR count). The Morgan fingerprint density at radius 3 is 2.27 bits per heavy atom. The summed E-state index contributed by atoms with van der Waals surface area (Å²) in [5.41, 5.74) is 1.87. The Bertz CT molecular complexity index is 1920. The fourth-order valence-electron chi connectivity index (χ4n) is 5.62. The van der Waals surface area contributed by atoms with Crippen LogP contribution in [0.25, 0.3) is 11.0 Å². The Kier molecular flexibility index (Phi) is 9.80. The molecule has 1 aliphatic rings. The highest BCUT2D eigenvalue weighted by atomic mass is 31.2. The minimum Gasteiger partial charge on any atom is -0.507 e. The van der Waals surface area contributed by atoms with E-state index in [0.717, 1.165) is 10.9 Å². The summed E-state index contributed by atoms with van der Waals surface area (Å²) in [7, 11) is -4.83. The number of aliphatic hydroxyl groups excluding tert-OH is 3. The van der Waals surface area contributed by atoms with Crippen LogP contribution in [-0.4, -0.2) is 67.9 Å². The molecule has 1 fully saturated rings. The highest BCUT2D eigenvalue weighted by Gasteiger charge is 2.64.